The van der Waals surface area contributed by atoms with E-state index in [0.717, 1.165) is 0 Å². The second kappa shape index (κ2) is 10.9. The van der Waals surface area contributed by atoms with E-state index in [1.807, 2.05) is 0 Å². The van der Waals surface area contributed by atoms with E-state index in [0.29, 0.717) is 0 Å². The SMILES string of the molecule is c1ccc([PH](c2ccccc2)(c2ccccc2)[PH](c2ccccc2)(c2ccccc2)c2ccccc2)cc1. The Morgan fingerprint density at radius 3 is 0.447 bits per heavy atom. The predicted octanol–water partition coefficient (Wildman–Crippen LogP) is 6.35. The summed E-state index contributed by atoms with van der Waals surface area (Å²) in [6.07, 6.45) is 0. The van der Waals surface area contributed by atoms with Crippen LogP contribution in [0.2, 0.25) is 0 Å². The molecule has 186 valence electrons. The monoisotopic (exact) mass is 526 g/mol. The summed E-state index contributed by atoms with van der Waals surface area (Å²) >= 11 is 0. The number of rotatable bonds is 7. The molecule has 2 heteroatoms. The molecule has 0 atom stereocenters. The summed E-state index contributed by atoms with van der Waals surface area (Å²) in [7, 11) is 0. The molecule has 0 aliphatic rings. The Labute approximate surface area is 227 Å². The summed E-state index contributed by atoms with van der Waals surface area (Å²) in [6.45, 7) is -5.57. The summed E-state index contributed by atoms with van der Waals surface area (Å²) in [5.74, 6) is 0. The molecule has 0 unspecified atom stereocenters. The average molecular weight is 527 g/mol. The first-order chi connectivity index (χ1) is 18.9. The quantitative estimate of drug-likeness (QED) is 0.213. The second-order valence-electron chi connectivity index (χ2n) is 9.70. The van der Waals surface area contributed by atoms with Crippen LogP contribution in [-0.4, -0.2) is 0 Å². The summed E-state index contributed by atoms with van der Waals surface area (Å²) in [6, 6.07) is 68.3. The third-order valence-corrected chi connectivity index (χ3v) is 24.7. The van der Waals surface area contributed by atoms with Gasteiger partial charge in [-0.2, -0.15) is 0 Å². The summed E-state index contributed by atoms with van der Waals surface area (Å²) in [5, 5.41) is 8.67. The molecule has 0 nitrogen and oxygen atoms in total. The van der Waals surface area contributed by atoms with E-state index >= 15 is 0 Å². The minimum atomic E-state index is -2.79. The Balaban J connectivity index is 1.93. The maximum atomic E-state index is 2.39. The first-order valence-corrected chi connectivity index (χ1v) is 18.2. The molecular formula is C36H32P2. The van der Waals surface area contributed by atoms with Gasteiger partial charge in [0, 0.05) is 0 Å². The van der Waals surface area contributed by atoms with Crippen LogP contribution >= 0.6 is 13.9 Å². The van der Waals surface area contributed by atoms with Crippen LogP contribution in [0.15, 0.2) is 182 Å². The fourth-order valence-electron chi connectivity index (χ4n) is 6.43. The summed E-state index contributed by atoms with van der Waals surface area (Å²) in [5.41, 5.74) is 0. The third-order valence-electron chi connectivity index (χ3n) is 7.80. The van der Waals surface area contributed by atoms with Gasteiger partial charge in [-0.05, 0) is 0 Å². The fourth-order valence-corrected chi connectivity index (χ4v) is 26.0. The van der Waals surface area contributed by atoms with Crippen molar-refractivity contribution in [3.63, 3.8) is 0 Å². The van der Waals surface area contributed by atoms with Gasteiger partial charge in [-0.1, -0.05) is 0 Å². The molecule has 0 aliphatic carbocycles. The Hall–Kier alpha value is -3.82. The normalized spacial score (nSPS) is 12.5. The van der Waals surface area contributed by atoms with Crippen LogP contribution in [0.5, 0.6) is 0 Å². The molecule has 0 radical (unpaired) electrons. The Kier molecular flexibility index (Phi) is 7.02. The van der Waals surface area contributed by atoms with Gasteiger partial charge in [-0.25, -0.2) is 0 Å². The molecule has 0 spiro atoms. The van der Waals surface area contributed by atoms with E-state index in [4.69, 9.17) is 0 Å². The van der Waals surface area contributed by atoms with Crippen molar-refractivity contribution in [3.8, 4) is 0 Å². The molecule has 38 heavy (non-hydrogen) atoms. The number of hydrogen-bond acceptors (Lipinski definition) is 0. The molecule has 6 aromatic carbocycles. The van der Waals surface area contributed by atoms with Gasteiger partial charge in [0.2, 0.25) is 0 Å². The van der Waals surface area contributed by atoms with Crippen LogP contribution in [0, 0.1) is 0 Å². The molecule has 0 aliphatic heterocycles. The summed E-state index contributed by atoms with van der Waals surface area (Å²) in [4.78, 5) is 0. The third kappa shape index (κ3) is 3.93. The van der Waals surface area contributed by atoms with Crippen molar-refractivity contribution in [2.24, 2.45) is 0 Å². The van der Waals surface area contributed by atoms with Crippen LogP contribution in [-0.2, 0) is 0 Å². The predicted molar refractivity (Wildman–Crippen MR) is 173 cm³/mol. The van der Waals surface area contributed by atoms with E-state index in [1.165, 1.54) is 31.8 Å². The van der Waals surface area contributed by atoms with Crippen LogP contribution in [0.3, 0.4) is 0 Å². The van der Waals surface area contributed by atoms with E-state index in [2.05, 4.69) is 182 Å². The Morgan fingerprint density at radius 1 is 0.184 bits per heavy atom. The van der Waals surface area contributed by atoms with Crippen LogP contribution in [0.1, 0.15) is 0 Å². The average Bonchev–Trinajstić information content (AvgIpc) is 3.02. The Bertz CT molecular complexity index is 1250. The molecule has 0 aromatic heterocycles. The molecule has 6 rings (SSSR count). The van der Waals surface area contributed by atoms with Gasteiger partial charge in [-0.15, -0.1) is 0 Å². The van der Waals surface area contributed by atoms with Crippen LogP contribution in [0.4, 0.5) is 0 Å². The molecule has 0 N–H and O–H groups in total. The Morgan fingerprint density at radius 2 is 0.316 bits per heavy atom. The van der Waals surface area contributed by atoms with Crippen molar-refractivity contribution in [1.82, 2.24) is 0 Å². The number of benzene rings is 6. The van der Waals surface area contributed by atoms with Gasteiger partial charge < -0.3 is 0 Å². The fraction of sp³-hybridized carbons (Fsp3) is 0. The molecule has 0 saturated carbocycles. The zero-order chi connectivity index (χ0) is 25.7. The molecular weight excluding hydrogens is 494 g/mol. The van der Waals surface area contributed by atoms with Crippen molar-refractivity contribution in [2.75, 3.05) is 0 Å². The van der Waals surface area contributed by atoms with Crippen LogP contribution < -0.4 is 31.8 Å². The number of hydrogen-bond donors (Lipinski definition) is 0. The van der Waals surface area contributed by atoms with Gasteiger partial charge in [0.15, 0.2) is 0 Å². The van der Waals surface area contributed by atoms with Crippen molar-refractivity contribution in [2.45, 2.75) is 0 Å². The molecule has 0 saturated heterocycles. The molecule has 0 bridgehead atoms. The summed E-state index contributed by atoms with van der Waals surface area (Å²) < 4.78 is 0. The van der Waals surface area contributed by atoms with E-state index in [9.17, 15) is 0 Å². The van der Waals surface area contributed by atoms with Crippen molar-refractivity contribution in [3.05, 3.63) is 182 Å². The van der Waals surface area contributed by atoms with Crippen molar-refractivity contribution >= 4 is 45.7 Å². The van der Waals surface area contributed by atoms with Gasteiger partial charge in [-0.3, -0.25) is 0 Å². The molecule has 6 aromatic rings. The van der Waals surface area contributed by atoms with Crippen LogP contribution in [0.25, 0.3) is 0 Å². The zero-order valence-electron chi connectivity index (χ0n) is 21.3. The van der Waals surface area contributed by atoms with Crippen molar-refractivity contribution in [1.29, 1.82) is 0 Å². The molecule has 0 fully saturated rings. The van der Waals surface area contributed by atoms with E-state index in [1.54, 1.807) is 0 Å². The second-order valence-corrected chi connectivity index (χ2v) is 20.7. The maximum absolute atomic E-state index is 2.79. The first-order valence-electron chi connectivity index (χ1n) is 13.2. The molecule has 0 heterocycles. The zero-order valence-corrected chi connectivity index (χ0v) is 23.3. The van der Waals surface area contributed by atoms with E-state index in [-0.39, 0.29) is 0 Å². The van der Waals surface area contributed by atoms with Gasteiger partial charge >= 0.3 is 228 Å². The van der Waals surface area contributed by atoms with Gasteiger partial charge in [0.25, 0.3) is 0 Å². The van der Waals surface area contributed by atoms with Gasteiger partial charge in [0.05, 0.1) is 0 Å². The van der Waals surface area contributed by atoms with Crippen molar-refractivity contribution < 1.29 is 0 Å². The molecule has 0 amide bonds. The minimum absolute atomic E-state index is 1.45. The topological polar surface area (TPSA) is 0 Å². The van der Waals surface area contributed by atoms with Gasteiger partial charge in [0.1, 0.15) is 0 Å². The first kappa shape index (κ1) is 24.5. The standard InChI is InChI=1S/C36H32P2/c1-7-19-31(20-8-1)37(32-21-9-2-10-22-32,33-23-11-3-12-24-33)38(34-25-13-4-14-26-34,35-27-15-5-16-28-35)36-29-17-6-18-30-36/h1-30,37-38H. The van der Waals surface area contributed by atoms with E-state index < -0.39 is 13.9 Å².